The van der Waals surface area contributed by atoms with E-state index in [9.17, 15) is 5.11 Å². The molecular formula is C10H15NO2. The first-order chi connectivity index (χ1) is 6.25. The number of hydrogen-bond acceptors (Lipinski definition) is 3. The third kappa shape index (κ3) is 2.81. The van der Waals surface area contributed by atoms with Gasteiger partial charge < -0.3 is 15.6 Å². The smallest absolute Gasteiger partial charge is 0.0963 e. The molecule has 3 nitrogen and oxygen atoms in total. The molecule has 1 aromatic rings. The molecule has 0 unspecified atom stereocenters. The van der Waals surface area contributed by atoms with E-state index in [1.807, 2.05) is 30.3 Å². The van der Waals surface area contributed by atoms with Crippen LogP contribution in [-0.2, 0) is 4.74 Å². The highest BCUT2D eigenvalue weighted by Crippen LogP contribution is 2.14. The van der Waals surface area contributed by atoms with E-state index >= 15 is 0 Å². The standard InChI is InChI=1S/C10H15NO2/c1-13-7-9(11)10(12)8-5-3-2-4-6-8/h2-6,9-10,12H,7,11H2,1H3/t9-,10-/m0/s1. The number of methoxy groups -OCH3 is 1. The van der Waals surface area contributed by atoms with Crippen molar-refractivity contribution in [2.45, 2.75) is 12.1 Å². The highest BCUT2D eigenvalue weighted by Gasteiger charge is 2.15. The molecule has 0 saturated heterocycles. The molecule has 0 spiro atoms. The summed E-state index contributed by atoms with van der Waals surface area (Å²) in [6.45, 7) is 0.357. The van der Waals surface area contributed by atoms with E-state index in [4.69, 9.17) is 10.5 Å². The summed E-state index contributed by atoms with van der Waals surface area (Å²) in [5.74, 6) is 0. The number of benzene rings is 1. The van der Waals surface area contributed by atoms with Crippen LogP contribution >= 0.6 is 0 Å². The van der Waals surface area contributed by atoms with E-state index in [0.29, 0.717) is 6.61 Å². The van der Waals surface area contributed by atoms with Gasteiger partial charge in [-0.05, 0) is 5.56 Å². The van der Waals surface area contributed by atoms with Crippen LogP contribution in [0.3, 0.4) is 0 Å². The quantitative estimate of drug-likeness (QED) is 0.718. The van der Waals surface area contributed by atoms with Gasteiger partial charge in [0.05, 0.1) is 18.8 Å². The van der Waals surface area contributed by atoms with Gasteiger partial charge in [-0.1, -0.05) is 30.3 Å². The molecule has 0 bridgehead atoms. The van der Waals surface area contributed by atoms with Gasteiger partial charge in [-0.2, -0.15) is 0 Å². The minimum absolute atomic E-state index is 0.357. The van der Waals surface area contributed by atoms with Crippen molar-refractivity contribution in [1.29, 1.82) is 0 Å². The zero-order chi connectivity index (χ0) is 9.68. The van der Waals surface area contributed by atoms with Crippen molar-refractivity contribution in [3.05, 3.63) is 35.9 Å². The van der Waals surface area contributed by atoms with Crippen LogP contribution in [-0.4, -0.2) is 24.9 Å². The molecule has 0 radical (unpaired) electrons. The molecule has 1 rings (SSSR count). The summed E-state index contributed by atoms with van der Waals surface area (Å²) in [6.07, 6.45) is -0.652. The molecule has 13 heavy (non-hydrogen) atoms. The van der Waals surface area contributed by atoms with Gasteiger partial charge in [0.15, 0.2) is 0 Å². The van der Waals surface area contributed by atoms with Crippen LogP contribution in [0.4, 0.5) is 0 Å². The predicted molar refractivity (Wildman–Crippen MR) is 51.3 cm³/mol. The van der Waals surface area contributed by atoms with Crippen LogP contribution in [0.25, 0.3) is 0 Å². The average molecular weight is 181 g/mol. The highest BCUT2D eigenvalue weighted by molar-refractivity contribution is 5.18. The normalized spacial score (nSPS) is 15.3. The summed E-state index contributed by atoms with van der Waals surface area (Å²) < 4.78 is 4.86. The summed E-state index contributed by atoms with van der Waals surface area (Å²) in [5, 5.41) is 9.72. The maximum absolute atomic E-state index is 9.72. The summed E-state index contributed by atoms with van der Waals surface area (Å²) in [6, 6.07) is 8.97. The van der Waals surface area contributed by atoms with Crippen molar-refractivity contribution >= 4 is 0 Å². The molecular weight excluding hydrogens is 166 g/mol. The van der Waals surface area contributed by atoms with Crippen molar-refractivity contribution in [2.75, 3.05) is 13.7 Å². The maximum atomic E-state index is 9.72. The molecule has 0 aliphatic heterocycles. The SMILES string of the molecule is COC[C@H](N)[C@@H](O)c1ccccc1. The van der Waals surface area contributed by atoms with Gasteiger partial charge >= 0.3 is 0 Å². The fourth-order valence-corrected chi connectivity index (χ4v) is 1.18. The van der Waals surface area contributed by atoms with Crippen LogP contribution in [0.2, 0.25) is 0 Å². The number of ether oxygens (including phenoxy) is 1. The summed E-state index contributed by atoms with van der Waals surface area (Å²) in [7, 11) is 1.57. The van der Waals surface area contributed by atoms with Crippen molar-refractivity contribution in [1.82, 2.24) is 0 Å². The van der Waals surface area contributed by atoms with Gasteiger partial charge in [0.2, 0.25) is 0 Å². The Morgan fingerprint density at radius 1 is 1.38 bits per heavy atom. The second-order valence-electron chi connectivity index (χ2n) is 2.97. The van der Waals surface area contributed by atoms with Crippen molar-refractivity contribution in [3.63, 3.8) is 0 Å². The van der Waals surface area contributed by atoms with Gasteiger partial charge in [-0.15, -0.1) is 0 Å². The average Bonchev–Trinajstić information content (AvgIpc) is 2.18. The lowest BCUT2D eigenvalue weighted by Gasteiger charge is -2.17. The molecule has 1 aromatic carbocycles. The lowest BCUT2D eigenvalue weighted by molar-refractivity contribution is 0.0873. The lowest BCUT2D eigenvalue weighted by atomic mass is 10.0. The minimum Gasteiger partial charge on any atom is -0.387 e. The lowest BCUT2D eigenvalue weighted by Crippen LogP contribution is -2.32. The van der Waals surface area contributed by atoms with Crippen molar-refractivity contribution < 1.29 is 9.84 Å². The van der Waals surface area contributed by atoms with Crippen LogP contribution in [0.1, 0.15) is 11.7 Å². The second-order valence-corrected chi connectivity index (χ2v) is 2.97. The summed E-state index contributed by atoms with van der Waals surface area (Å²) in [4.78, 5) is 0. The first-order valence-electron chi connectivity index (χ1n) is 4.23. The largest absolute Gasteiger partial charge is 0.387 e. The van der Waals surface area contributed by atoms with Crippen LogP contribution in [0.15, 0.2) is 30.3 Å². The Balaban J connectivity index is 2.62. The van der Waals surface area contributed by atoms with Crippen molar-refractivity contribution in [2.24, 2.45) is 5.73 Å². The monoisotopic (exact) mass is 181 g/mol. The van der Waals surface area contributed by atoms with E-state index < -0.39 is 6.10 Å². The van der Waals surface area contributed by atoms with Gasteiger partial charge in [-0.3, -0.25) is 0 Å². The minimum atomic E-state index is -0.652. The zero-order valence-corrected chi connectivity index (χ0v) is 7.68. The molecule has 72 valence electrons. The van der Waals surface area contributed by atoms with Crippen LogP contribution < -0.4 is 5.73 Å². The fourth-order valence-electron chi connectivity index (χ4n) is 1.18. The Morgan fingerprint density at radius 2 is 2.00 bits per heavy atom. The fraction of sp³-hybridized carbons (Fsp3) is 0.400. The number of aliphatic hydroxyl groups is 1. The first-order valence-corrected chi connectivity index (χ1v) is 4.23. The predicted octanol–water partition coefficient (Wildman–Crippen LogP) is 0.694. The topological polar surface area (TPSA) is 55.5 Å². The van der Waals surface area contributed by atoms with E-state index in [2.05, 4.69) is 0 Å². The van der Waals surface area contributed by atoms with E-state index in [1.165, 1.54) is 0 Å². The molecule has 0 saturated carbocycles. The van der Waals surface area contributed by atoms with E-state index in [1.54, 1.807) is 7.11 Å². The van der Waals surface area contributed by atoms with Gasteiger partial charge in [0.25, 0.3) is 0 Å². The number of hydrogen-bond donors (Lipinski definition) is 2. The third-order valence-corrected chi connectivity index (χ3v) is 1.91. The Labute approximate surface area is 78.1 Å². The number of rotatable bonds is 4. The molecule has 3 heteroatoms. The Morgan fingerprint density at radius 3 is 2.54 bits per heavy atom. The van der Waals surface area contributed by atoms with Gasteiger partial charge in [0.1, 0.15) is 0 Å². The molecule has 2 atom stereocenters. The molecule has 0 aliphatic rings. The second kappa shape index (κ2) is 4.97. The van der Waals surface area contributed by atoms with Gasteiger partial charge in [-0.25, -0.2) is 0 Å². The van der Waals surface area contributed by atoms with Crippen LogP contribution in [0.5, 0.6) is 0 Å². The molecule has 0 amide bonds. The molecule has 0 fully saturated rings. The Kier molecular flexibility index (Phi) is 3.89. The Bertz CT molecular complexity index is 238. The van der Waals surface area contributed by atoms with Crippen LogP contribution in [0, 0.1) is 0 Å². The number of nitrogens with two attached hydrogens (primary N) is 1. The summed E-state index contributed by atoms with van der Waals surface area (Å²) in [5.41, 5.74) is 6.51. The van der Waals surface area contributed by atoms with Gasteiger partial charge in [0, 0.05) is 7.11 Å². The highest BCUT2D eigenvalue weighted by atomic mass is 16.5. The first kappa shape index (κ1) is 10.2. The van der Waals surface area contributed by atoms with E-state index in [-0.39, 0.29) is 6.04 Å². The molecule has 0 heterocycles. The maximum Gasteiger partial charge on any atom is 0.0963 e. The molecule has 0 aliphatic carbocycles. The Hall–Kier alpha value is -0.900. The van der Waals surface area contributed by atoms with E-state index in [0.717, 1.165) is 5.56 Å². The zero-order valence-electron chi connectivity index (χ0n) is 7.68. The molecule has 0 aromatic heterocycles. The number of aliphatic hydroxyl groups excluding tert-OH is 1. The summed E-state index contributed by atoms with van der Waals surface area (Å²) >= 11 is 0. The van der Waals surface area contributed by atoms with Crippen molar-refractivity contribution in [3.8, 4) is 0 Å². The third-order valence-electron chi connectivity index (χ3n) is 1.91. The molecule has 3 N–H and O–H groups in total.